The number of ether oxygens (including phenoxy) is 4. The fourth-order valence-corrected chi connectivity index (χ4v) is 9.36. The third-order valence-corrected chi connectivity index (χ3v) is 14.1. The highest BCUT2D eigenvalue weighted by Crippen LogP contribution is 2.18. The molecule has 0 heterocycles. The van der Waals surface area contributed by atoms with Crippen LogP contribution in [-0.4, -0.2) is 82.3 Å². The number of hydrogen-bond donors (Lipinski definition) is 0. The highest BCUT2D eigenvalue weighted by atomic mass is 16.7. The van der Waals surface area contributed by atoms with E-state index in [1.165, 1.54) is 250 Å². The molecule has 416 valence electrons. The quantitative estimate of drug-likeness (QED) is 0.0256. The normalized spacial score (nSPS) is 12.6. The SMILES string of the molecule is CCCCCCCCCCCCCCCCCCCCCCCCCCCC(=O)OC(COC(=O)CCCCCCCCCCCCCCCCCCCCCC)COC(OCC[N+](C)(C)C)C(=O)[O-]. The number of carboxylic acids is 1. The van der Waals surface area contributed by atoms with Crippen LogP contribution in [0.3, 0.4) is 0 Å². The van der Waals surface area contributed by atoms with Crippen molar-refractivity contribution in [3.8, 4) is 0 Å². The minimum absolute atomic E-state index is 0.153. The Balaban J connectivity index is 4.14. The maximum Gasteiger partial charge on any atom is 0.306 e. The maximum atomic E-state index is 12.9. The fourth-order valence-electron chi connectivity index (χ4n) is 9.36. The van der Waals surface area contributed by atoms with Gasteiger partial charge in [-0.15, -0.1) is 0 Å². The van der Waals surface area contributed by atoms with E-state index in [9.17, 15) is 19.5 Å². The first-order valence-electron chi connectivity index (χ1n) is 30.7. The molecular weight excluding hydrogens is 875 g/mol. The summed E-state index contributed by atoms with van der Waals surface area (Å²) >= 11 is 0. The number of unbranched alkanes of at least 4 members (excludes halogenated alkanes) is 43. The van der Waals surface area contributed by atoms with Crippen LogP contribution in [0.5, 0.6) is 0 Å². The Morgan fingerprint density at radius 3 is 0.914 bits per heavy atom. The van der Waals surface area contributed by atoms with E-state index >= 15 is 0 Å². The Kier molecular flexibility index (Phi) is 52.3. The Labute approximate surface area is 434 Å². The number of nitrogens with zero attached hydrogens (tertiary/aromatic N) is 1. The van der Waals surface area contributed by atoms with Gasteiger partial charge in [0.05, 0.1) is 40.3 Å². The van der Waals surface area contributed by atoms with Crippen molar-refractivity contribution in [1.82, 2.24) is 0 Å². The molecule has 0 aliphatic carbocycles. The summed E-state index contributed by atoms with van der Waals surface area (Å²) in [4.78, 5) is 37.3. The molecule has 0 aliphatic rings. The zero-order valence-electron chi connectivity index (χ0n) is 47.4. The summed E-state index contributed by atoms with van der Waals surface area (Å²) in [5.74, 6) is -2.25. The van der Waals surface area contributed by atoms with E-state index in [2.05, 4.69) is 13.8 Å². The van der Waals surface area contributed by atoms with Gasteiger partial charge in [-0.2, -0.15) is 0 Å². The van der Waals surface area contributed by atoms with Gasteiger partial charge in [0.1, 0.15) is 13.2 Å². The molecule has 0 spiro atoms. The third-order valence-electron chi connectivity index (χ3n) is 14.1. The summed E-state index contributed by atoms with van der Waals surface area (Å²) in [5, 5.41) is 11.8. The van der Waals surface area contributed by atoms with Crippen molar-refractivity contribution in [2.45, 2.75) is 328 Å². The van der Waals surface area contributed by atoms with Crippen molar-refractivity contribution in [1.29, 1.82) is 0 Å². The zero-order valence-corrected chi connectivity index (χ0v) is 47.4. The number of carbonyl (C=O) groups excluding carboxylic acids is 3. The van der Waals surface area contributed by atoms with E-state index in [-0.39, 0.29) is 32.2 Å². The number of likely N-dealkylation sites (N-methyl/N-ethyl adjacent to an activating group) is 1. The van der Waals surface area contributed by atoms with E-state index in [1.54, 1.807) is 0 Å². The van der Waals surface area contributed by atoms with Gasteiger partial charge in [-0.25, -0.2) is 0 Å². The molecule has 0 N–H and O–H groups in total. The van der Waals surface area contributed by atoms with E-state index < -0.39 is 24.3 Å². The minimum atomic E-state index is -1.61. The maximum absolute atomic E-state index is 12.9. The first kappa shape index (κ1) is 68.3. The Morgan fingerprint density at radius 2 is 0.643 bits per heavy atom. The molecule has 0 aromatic carbocycles. The first-order chi connectivity index (χ1) is 34.1. The van der Waals surface area contributed by atoms with Gasteiger partial charge < -0.3 is 33.3 Å². The van der Waals surface area contributed by atoms with Crippen molar-refractivity contribution < 1.29 is 42.9 Å². The Hall–Kier alpha value is -1.71. The molecular formula is C61H119NO8. The molecule has 70 heavy (non-hydrogen) atoms. The smallest absolute Gasteiger partial charge is 0.306 e. The molecule has 0 amide bonds. The summed E-state index contributed by atoms with van der Waals surface area (Å²) in [6.07, 6.45) is 57.3. The van der Waals surface area contributed by atoms with Gasteiger partial charge in [0.25, 0.3) is 0 Å². The number of aliphatic carboxylic acids is 1. The molecule has 0 aromatic heterocycles. The second-order valence-corrected chi connectivity index (χ2v) is 22.4. The molecule has 0 radical (unpaired) electrons. The largest absolute Gasteiger partial charge is 0.545 e. The van der Waals surface area contributed by atoms with Gasteiger partial charge in [0.15, 0.2) is 12.4 Å². The molecule has 0 bridgehead atoms. The molecule has 0 saturated carbocycles. The molecule has 9 heteroatoms. The van der Waals surface area contributed by atoms with Crippen LogP contribution >= 0.6 is 0 Å². The van der Waals surface area contributed by atoms with Crippen molar-refractivity contribution in [3.05, 3.63) is 0 Å². The predicted molar refractivity (Wildman–Crippen MR) is 293 cm³/mol. The molecule has 0 rings (SSSR count). The fraction of sp³-hybridized carbons (Fsp3) is 0.951. The average molecular weight is 995 g/mol. The summed E-state index contributed by atoms with van der Waals surface area (Å²) in [7, 11) is 5.94. The van der Waals surface area contributed by atoms with Gasteiger partial charge in [0, 0.05) is 12.8 Å². The Bertz CT molecular complexity index is 1110. The number of quaternary nitrogens is 1. The number of carbonyl (C=O) groups is 3. The van der Waals surface area contributed by atoms with Gasteiger partial charge in [-0.3, -0.25) is 9.59 Å². The van der Waals surface area contributed by atoms with E-state index in [0.717, 1.165) is 38.5 Å². The summed E-state index contributed by atoms with van der Waals surface area (Å²) in [5.41, 5.74) is 0. The molecule has 0 aliphatic heterocycles. The van der Waals surface area contributed by atoms with Crippen molar-refractivity contribution >= 4 is 17.9 Å². The van der Waals surface area contributed by atoms with Crippen LogP contribution in [0.1, 0.15) is 316 Å². The van der Waals surface area contributed by atoms with Gasteiger partial charge in [0.2, 0.25) is 0 Å². The van der Waals surface area contributed by atoms with Gasteiger partial charge in [-0.05, 0) is 12.8 Å². The molecule has 0 saturated heterocycles. The van der Waals surface area contributed by atoms with Crippen LogP contribution in [0.4, 0.5) is 0 Å². The second kappa shape index (κ2) is 53.6. The highest BCUT2D eigenvalue weighted by molar-refractivity contribution is 5.70. The van der Waals surface area contributed by atoms with E-state index in [4.69, 9.17) is 18.9 Å². The van der Waals surface area contributed by atoms with E-state index in [0.29, 0.717) is 17.4 Å². The predicted octanol–water partition coefficient (Wildman–Crippen LogP) is 16.6. The molecule has 2 unspecified atom stereocenters. The number of hydrogen-bond acceptors (Lipinski definition) is 8. The summed E-state index contributed by atoms with van der Waals surface area (Å²) in [6.45, 7) is 4.83. The first-order valence-corrected chi connectivity index (χ1v) is 30.7. The van der Waals surface area contributed by atoms with Crippen molar-refractivity contribution in [2.24, 2.45) is 0 Å². The lowest BCUT2D eigenvalue weighted by atomic mass is 10.0. The standard InChI is InChI=1S/C61H119NO8/c1-6-8-10-12-14-16-18-20-22-24-26-28-29-30-31-32-34-36-38-40-42-44-46-48-50-52-59(64)70-57(56-69-61(60(65)66)67-54-53-62(3,4)5)55-68-58(63)51-49-47-45-43-41-39-37-35-33-27-25-23-21-19-17-15-13-11-9-7-2/h57,61H,6-56H2,1-5H3. The number of esters is 2. The molecule has 9 nitrogen and oxygen atoms in total. The van der Waals surface area contributed by atoms with Gasteiger partial charge in [-0.1, -0.05) is 290 Å². The number of carboxylic acid groups (broad SMARTS) is 1. The second-order valence-electron chi connectivity index (χ2n) is 22.4. The van der Waals surface area contributed by atoms with Crippen LogP contribution in [-0.2, 0) is 33.3 Å². The van der Waals surface area contributed by atoms with Crippen LogP contribution in [0.2, 0.25) is 0 Å². The van der Waals surface area contributed by atoms with Crippen molar-refractivity contribution in [2.75, 3.05) is 47.5 Å². The lowest BCUT2D eigenvalue weighted by Crippen LogP contribution is -2.44. The average Bonchev–Trinajstić information content (AvgIpc) is 3.33. The molecule has 0 aromatic rings. The van der Waals surface area contributed by atoms with Crippen molar-refractivity contribution in [3.63, 3.8) is 0 Å². The summed E-state index contributed by atoms with van der Waals surface area (Å²) in [6, 6.07) is 0. The monoisotopic (exact) mass is 994 g/mol. The van der Waals surface area contributed by atoms with Crippen LogP contribution in [0.25, 0.3) is 0 Å². The van der Waals surface area contributed by atoms with Gasteiger partial charge >= 0.3 is 11.9 Å². The zero-order chi connectivity index (χ0) is 51.3. The van der Waals surface area contributed by atoms with Crippen LogP contribution in [0, 0.1) is 0 Å². The Morgan fingerprint density at radius 1 is 0.371 bits per heavy atom. The highest BCUT2D eigenvalue weighted by Gasteiger charge is 2.22. The van der Waals surface area contributed by atoms with Crippen LogP contribution in [0.15, 0.2) is 0 Å². The van der Waals surface area contributed by atoms with E-state index in [1.807, 2.05) is 21.1 Å². The number of rotatable bonds is 58. The lowest BCUT2D eigenvalue weighted by molar-refractivity contribution is -0.870. The summed E-state index contributed by atoms with van der Waals surface area (Å²) < 4.78 is 22.8. The minimum Gasteiger partial charge on any atom is -0.545 e. The molecule has 2 atom stereocenters. The lowest BCUT2D eigenvalue weighted by Gasteiger charge is -2.26. The topological polar surface area (TPSA) is 111 Å². The third kappa shape index (κ3) is 54.1. The molecule has 0 fully saturated rings. The van der Waals surface area contributed by atoms with Crippen LogP contribution < -0.4 is 5.11 Å².